The Bertz CT molecular complexity index is 567. The number of anilines is 1. The maximum absolute atomic E-state index is 10.7. The molecule has 0 aromatic carbocycles. The van der Waals surface area contributed by atoms with Gasteiger partial charge in [0.25, 0.3) is 0 Å². The van der Waals surface area contributed by atoms with Gasteiger partial charge in [0.1, 0.15) is 10.8 Å². The number of rotatable bonds is 5. The fourth-order valence-corrected chi connectivity index (χ4v) is 2.34. The highest BCUT2D eigenvalue weighted by Crippen LogP contribution is 2.22. The van der Waals surface area contributed by atoms with Crippen molar-refractivity contribution in [2.75, 3.05) is 5.32 Å². The lowest BCUT2D eigenvalue weighted by atomic mass is 10.3. The molecule has 2 heterocycles. The van der Waals surface area contributed by atoms with Crippen LogP contribution in [0.1, 0.15) is 40.3 Å². The van der Waals surface area contributed by atoms with Crippen LogP contribution >= 0.6 is 11.3 Å². The van der Waals surface area contributed by atoms with E-state index in [-0.39, 0.29) is 11.7 Å². The zero-order valence-electron chi connectivity index (χ0n) is 10.6. The number of aromatic nitrogens is 3. The first-order valence-electron chi connectivity index (χ1n) is 5.86. The maximum atomic E-state index is 10.7. The highest BCUT2D eigenvalue weighted by Gasteiger charge is 2.11. The molecule has 0 aliphatic heterocycles. The summed E-state index contributed by atoms with van der Waals surface area (Å²) in [6.45, 7) is 4.07. The smallest absolute Gasteiger partial charge is 0.356 e. The third kappa shape index (κ3) is 3.25. The number of carboxylic acids is 1. The van der Waals surface area contributed by atoms with Gasteiger partial charge in [-0.1, -0.05) is 6.92 Å². The molecule has 100 valence electrons. The summed E-state index contributed by atoms with van der Waals surface area (Å²) in [5.74, 6) is -0.551. The summed E-state index contributed by atoms with van der Waals surface area (Å²) in [4.78, 5) is 24.1. The SMILES string of the molecule is CCc1cnc(C(C)Nc2cnc(C(=O)O)cn2)s1. The standard InChI is InChI=1S/C12H14N4O2S/c1-3-8-4-15-11(19-8)7(2)16-10-6-13-9(5-14-10)12(17)18/h4-7H,3H2,1-2H3,(H,14,16)(H,17,18). The number of carbonyl (C=O) groups is 1. The van der Waals surface area contributed by atoms with E-state index in [9.17, 15) is 4.79 Å². The van der Waals surface area contributed by atoms with Crippen LogP contribution in [-0.4, -0.2) is 26.0 Å². The van der Waals surface area contributed by atoms with Crippen LogP contribution in [0.25, 0.3) is 0 Å². The molecule has 1 atom stereocenters. The van der Waals surface area contributed by atoms with Gasteiger partial charge in [0, 0.05) is 11.1 Å². The quantitative estimate of drug-likeness (QED) is 0.873. The van der Waals surface area contributed by atoms with Gasteiger partial charge in [-0.15, -0.1) is 11.3 Å². The van der Waals surface area contributed by atoms with Crippen LogP contribution in [0.3, 0.4) is 0 Å². The van der Waals surface area contributed by atoms with Gasteiger partial charge in [-0.2, -0.15) is 0 Å². The van der Waals surface area contributed by atoms with Crippen molar-refractivity contribution >= 4 is 23.1 Å². The van der Waals surface area contributed by atoms with Gasteiger partial charge in [-0.05, 0) is 13.3 Å². The summed E-state index contributed by atoms with van der Waals surface area (Å²) in [5.41, 5.74) is -0.0688. The number of hydrogen-bond donors (Lipinski definition) is 2. The van der Waals surface area contributed by atoms with E-state index in [0.29, 0.717) is 5.82 Å². The number of hydrogen-bond acceptors (Lipinski definition) is 6. The van der Waals surface area contributed by atoms with Crippen LogP contribution in [0, 0.1) is 0 Å². The van der Waals surface area contributed by atoms with Crippen LogP contribution in [0.5, 0.6) is 0 Å². The predicted molar refractivity (Wildman–Crippen MR) is 72.5 cm³/mol. The third-order valence-electron chi connectivity index (χ3n) is 2.53. The van der Waals surface area contributed by atoms with Crippen LogP contribution in [0.15, 0.2) is 18.6 Å². The molecule has 1 unspecified atom stereocenters. The summed E-state index contributed by atoms with van der Waals surface area (Å²) in [7, 11) is 0. The van der Waals surface area contributed by atoms with Gasteiger partial charge in [0.2, 0.25) is 0 Å². The fraction of sp³-hybridized carbons (Fsp3) is 0.333. The minimum Gasteiger partial charge on any atom is -0.476 e. The second kappa shape index (κ2) is 5.75. The lowest BCUT2D eigenvalue weighted by Crippen LogP contribution is -2.09. The highest BCUT2D eigenvalue weighted by atomic mass is 32.1. The average Bonchev–Trinajstić information content (AvgIpc) is 2.88. The molecule has 2 aromatic heterocycles. The summed E-state index contributed by atoms with van der Waals surface area (Å²) in [6, 6.07) is 0.00952. The van der Waals surface area contributed by atoms with Gasteiger partial charge in [0.15, 0.2) is 5.69 Å². The number of nitrogens with zero attached hydrogens (tertiary/aromatic N) is 3. The van der Waals surface area contributed by atoms with Crippen LogP contribution < -0.4 is 5.32 Å². The average molecular weight is 278 g/mol. The van der Waals surface area contributed by atoms with Gasteiger partial charge < -0.3 is 10.4 Å². The van der Waals surface area contributed by atoms with E-state index in [4.69, 9.17) is 5.11 Å². The number of carboxylic acid groups (broad SMARTS) is 1. The zero-order valence-corrected chi connectivity index (χ0v) is 11.4. The molecule has 0 saturated heterocycles. The van der Waals surface area contributed by atoms with Gasteiger partial charge in [-0.3, -0.25) is 0 Å². The van der Waals surface area contributed by atoms with E-state index in [1.54, 1.807) is 11.3 Å². The van der Waals surface area contributed by atoms with Crippen molar-refractivity contribution in [2.24, 2.45) is 0 Å². The van der Waals surface area contributed by atoms with Gasteiger partial charge in [-0.25, -0.2) is 19.7 Å². The van der Waals surface area contributed by atoms with E-state index in [1.807, 2.05) is 13.1 Å². The molecule has 0 saturated carbocycles. The predicted octanol–water partition coefficient (Wildman–Crippen LogP) is 2.37. The van der Waals surface area contributed by atoms with Crippen molar-refractivity contribution in [3.05, 3.63) is 34.2 Å². The van der Waals surface area contributed by atoms with Crippen LogP contribution in [0.4, 0.5) is 5.82 Å². The van der Waals surface area contributed by atoms with Crippen LogP contribution in [-0.2, 0) is 6.42 Å². The summed E-state index contributed by atoms with van der Waals surface area (Å²) >= 11 is 1.65. The van der Waals surface area contributed by atoms with Crippen molar-refractivity contribution in [3.63, 3.8) is 0 Å². The summed E-state index contributed by atoms with van der Waals surface area (Å²) in [6.07, 6.45) is 5.49. The lowest BCUT2D eigenvalue weighted by molar-refractivity contribution is 0.0690. The molecule has 6 nitrogen and oxygen atoms in total. The molecule has 2 aromatic rings. The molecule has 7 heteroatoms. The molecule has 0 aliphatic carbocycles. The molecule has 0 spiro atoms. The molecule has 0 bridgehead atoms. The first-order chi connectivity index (χ1) is 9.10. The van der Waals surface area contributed by atoms with Crippen molar-refractivity contribution in [1.29, 1.82) is 0 Å². The van der Waals surface area contributed by atoms with Crippen molar-refractivity contribution in [1.82, 2.24) is 15.0 Å². The summed E-state index contributed by atoms with van der Waals surface area (Å²) < 4.78 is 0. The second-order valence-corrected chi connectivity index (χ2v) is 5.12. The van der Waals surface area contributed by atoms with E-state index in [0.717, 1.165) is 11.4 Å². The third-order valence-corrected chi connectivity index (χ3v) is 3.85. The number of aromatic carboxylic acids is 1. The first kappa shape index (κ1) is 13.4. The monoisotopic (exact) mass is 278 g/mol. The van der Waals surface area contributed by atoms with Gasteiger partial charge >= 0.3 is 5.97 Å². The molecule has 2 rings (SSSR count). The highest BCUT2D eigenvalue weighted by molar-refractivity contribution is 7.11. The minimum absolute atomic E-state index is 0.00952. The Kier molecular flexibility index (Phi) is 4.06. The Labute approximate surface area is 114 Å². The van der Waals surface area contributed by atoms with Crippen molar-refractivity contribution in [2.45, 2.75) is 26.3 Å². The number of aryl methyl sites for hydroxylation is 1. The molecule has 2 N–H and O–H groups in total. The Morgan fingerprint density at radius 1 is 1.37 bits per heavy atom. The molecular weight excluding hydrogens is 264 g/mol. The van der Waals surface area contributed by atoms with Crippen molar-refractivity contribution in [3.8, 4) is 0 Å². The topological polar surface area (TPSA) is 88.0 Å². The number of nitrogens with one attached hydrogen (secondary N) is 1. The van der Waals surface area contributed by atoms with E-state index >= 15 is 0 Å². The Morgan fingerprint density at radius 2 is 2.16 bits per heavy atom. The molecule has 0 aliphatic rings. The molecular formula is C12H14N4O2S. The number of thiazole rings is 1. The Balaban J connectivity index is 2.05. The first-order valence-corrected chi connectivity index (χ1v) is 6.68. The molecule has 19 heavy (non-hydrogen) atoms. The normalized spacial score (nSPS) is 12.1. The van der Waals surface area contributed by atoms with Gasteiger partial charge in [0.05, 0.1) is 18.4 Å². The molecule has 0 fully saturated rings. The largest absolute Gasteiger partial charge is 0.476 e. The zero-order chi connectivity index (χ0) is 13.8. The lowest BCUT2D eigenvalue weighted by Gasteiger charge is -2.11. The molecule has 0 amide bonds. The summed E-state index contributed by atoms with van der Waals surface area (Å²) in [5, 5.41) is 12.9. The Hall–Kier alpha value is -2.02. The van der Waals surface area contributed by atoms with Crippen LogP contribution in [0.2, 0.25) is 0 Å². The Morgan fingerprint density at radius 3 is 2.68 bits per heavy atom. The van der Waals surface area contributed by atoms with E-state index in [2.05, 4.69) is 27.2 Å². The fourth-order valence-electron chi connectivity index (χ4n) is 1.48. The maximum Gasteiger partial charge on any atom is 0.356 e. The second-order valence-electron chi connectivity index (χ2n) is 3.98. The van der Waals surface area contributed by atoms with E-state index < -0.39 is 5.97 Å². The van der Waals surface area contributed by atoms with Crippen molar-refractivity contribution < 1.29 is 9.90 Å². The molecule has 0 radical (unpaired) electrons. The van der Waals surface area contributed by atoms with E-state index in [1.165, 1.54) is 17.3 Å². The minimum atomic E-state index is -1.08.